The minimum Gasteiger partial charge on any atom is -0.505 e. The number of carbonyl (C=O) groups is 2. The molecule has 3 aromatic heterocycles. The summed E-state index contributed by atoms with van der Waals surface area (Å²) in [6, 6.07) is 15.4. The number of ketones is 1. The van der Waals surface area contributed by atoms with Crippen molar-refractivity contribution in [2.24, 2.45) is 0 Å². The molecule has 4 heterocycles. The third-order valence-electron chi connectivity index (χ3n) is 7.36. The lowest BCUT2D eigenvalue weighted by Crippen LogP contribution is -2.29. The largest absolute Gasteiger partial charge is 0.505 e. The lowest BCUT2D eigenvalue weighted by molar-refractivity contribution is -0.132. The summed E-state index contributed by atoms with van der Waals surface area (Å²) in [7, 11) is 1.40. The van der Waals surface area contributed by atoms with Gasteiger partial charge in [0.15, 0.2) is 21.6 Å². The summed E-state index contributed by atoms with van der Waals surface area (Å²) in [4.78, 5) is 33.2. The number of phenols is 1. The minimum absolute atomic E-state index is 0.111. The van der Waals surface area contributed by atoms with E-state index < -0.39 is 23.5 Å². The van der Waals surface area contributed by atoms with Crippen LogP contribution in [0.15, 0.2) is 70.7 Å². The van der Waals surface area contributed by atoms with Gasteiger partial charge in [-0.3, -0.25) is 14.5 Å². The number of aromatic hydroxyl groups is 1. The van der Waals surface area contributed by atoms with Crippen LogP contribution in [0.5, 0.6) is 11.5 Å². The van der Waals surface area contributed by atoms with Crippen LogP contribution >= 0.6 is 23.1 Å². The van der Waals surface area contributed by atoms with Crippen molar-refractivity contribution in [3.63, 3.8) is 0 Å². The van der Waals surface area contributed by atoms with Crippen LogP contribution in [0.4, 0.5) is 5.13 Å². The van der Waals surface area contributed by atoms with Crippen molar-refractivity contribution in [2.45, 2.75) is 36.9 Å². The highest BCUT2D eigenvalue weighted by atomic mass is 32.2. The Morgan fingerprint density at radius 2 is 1.84 bits per heavy atom. The molecular formula is C31H27N5O5S2. The second-order valence-corrected chi connectivity index (χ2v) is 12.3. The first-order valence-corrected chi connectivity index (χ1v) is 15.1. The fraction of sp³-hybridized carbons (Fsp3) is 0.194. The number of hydrogen-bond acceptors (Lipinski definition) is 10. The number of phenolic OH excluding ortho intramolecular Hbond substituents is 1. The maximum Gasteiger partial charge on any atom is 0.301 e. The monoisotopic (exact) mass is 613 g/mol. The van der Waals surface area contributed by atoms with E-state index in [1.807, 2.05) is 60.8 Å². The topological polar surface area (TPSA) is 130 Å². The normalized spacial score (nSPS) is 16.4. The number of methoxy groups -OCH3 is 1. The van der Waals surface area contributed by atoms with Crippen molar-refractivity contribution < 1.29 is 24.5 Å². The molecule has 10 nitrogen and oxygen atoms in total. The van der Waals surface area contributed by atoms with E-state index in [9.17, 15) is 19.8 Å². The summed E-state index contributed by atoms with van der Waals surface area (Å²) in [5.41, 5.74) is 4.87. The maximum atomic E-state index is 13.7. The summed E-state index contributed by atoms with van der Waals surface area (Å²) in [6.45, 7) is 5.71. The Morgan fingerprint density at radius 1 is 1.07 bits per heavy atom. The highest BCUT2D eigenvalue weighted by molar-refractivity contribution is 8.00. The summed E-state index contributed by atoms with van der Waals surface area (Å²) in [5, 5.41) is 30.7. The first-order valence-electron chi connectivity index (χ1n) is 13.3. The third kappa shape index (κ3) is 5.02. The van der Waals surface area contributed by atoms with Crippen molar-refractivity contribution in [2.75, 3.05) is 12.0 Å². The number of aromatic nitrogens is 4. The molecule has 43 heavy (non-hydrogen) atoms. The van der Waals surface area contributed by atoms with Crippen molar-refractivity contribution in [3.8, 4) is 11.5 Å². The van der Waals surface area contributed by atoms with E-state index >= 15 is 0 Å². The number of aliphatic hydroxyl groups is 1. The van der Waals surface area contributed by atoms with Crippen LogP contribution in [0, 0.1) is 20.8 Å². The highest BCUT2D eigenvalue weighted by Gasteiger charge is 2.49. The van der Waals surface area contributed by atoms with Crippen LogP contribution in [0.1, 0.15) is 39.7 Å². The number of nitrogens with zero attached hydrogens (tertiary/aromatic N) is 5. The first kappa shape index (κ1) is 28.4. The molecule has 0 aliphatic carbocycles. The molecule has 12 heteroatoms. The number of hydrogen-bond donors (Lipinski definition) is 2. The lowest BCUT2D eigenvalue weighted by Gasteiger charge is -2.23. The lowest BCUT2D eigenvalue weighted by atomic mass is 9.96. The Balaban J connectivity index is 1.46. The van der Waals surface area contributed by atoms with Gasteiger partial charge in [0, 0.05) is 11.9 Å². The SMILES string of the molecule is COc1cc(C2/C(=C(\O)c3nc4c(C)cccn4c3C)C(=O)C(=O)N2c2nnc(SCc3ccc(C)cc3)s2)ccc1O. The molecule has 0 bridgehead atoms. The number of thioether (sulfide) groups is 1. The van der Waals surface area contributed by atoms with E-state index in [4.69, 9.17) is 4.74 Å². The summed E-state index contributed by atoms with van der Waals surface area (Å²) >= 11 is 2.65. The van der Waals surface area contributed by atoms with E-state index in [0.717, 1.165) is 11.1 Å². The van der Waals surface area contributed by atoms with Crippen molar-refractivity contribution in [1.29, 1.82) is 0 Å². The van der Waals surface area contributed by atoms with Crippen LogP contribution in [-0.2, 0) is 15.3 Å². The molecule has 2 aromatic carbocycles. The zero-order chi connectivity index (χ0) is 30.4. The van der Waals surface area contributed by atoms with Gasteiger partial charge in [0.05, 0.1) is 24.4 Å². The van der Waals surface area contributed by atoms with Gasteiger partial charge in [0.1, 0.15) is 11.3 Å². The number of anilines is 1. The fourth-order valence-corrected chi connectivity index (χ4v) is 6.89. The number of imidazole rings is 1. The molecule has 5 aromatic rings. The van der Waals surface area contributed by atoms with Gasteiger partial charge in [0.25, 0.3) is 5.78 Å². The van der Waals surface area contributed by atoms with E-state index in [2.05, 4.69) is 15.2 Å². The molecule has 218 valence electrons. The molecule has 1 amide bonds. The van der Waals surface area contributed by atoms with E-state index in [1.54, 1.807) is 13.0 Å². The van der Waals surface area contributed by atoms with Crippen molar-refractivity contribution >= 4 is 51.3 Å². The van der Waals surface area contributed by atoms with Crippen molar-refractivity contribution in [3.05, 3.63) is 100 Å². The Kier molecular flexibility index (Phi) is 7.40. The van der Waals surface area contributed by atoms with Gasteiger partial charge in [0.2, 0.25) is 5.13 Å². The van der Waals surface area contributed by atoms with Gasteiger partial charge in [-0.05, 0) is 55.7 Å². The average molecular weight is 614 g/mol. The number of pyridine rings is 1. The number of ether oxygens (including phenoxy) is 1. The van der Waals surface area contributed by atoms with Gasteiger partial charge < -0.3 is 19.4 Å². The Morgan fingerprint density at radius 3 is 2.56 bits per heavy atom. The van der Waals surface area contributed by atoms with E-state index in [0.29, 0.717) is 27.0 Å². The molecule has 0 radical (unpaired) electrons. The molecule has 1 saturated heterocycles. The number of amides is 1. The quantitative estimate of drug-likeness (QED) is 0.0775. The highest BCUT2D eigenvalue weighted by Crippen LogP contribution is 2.45. The van der Waals surface area contributed by atoms with Crippen LogP contribution in [0.25, 0.3) is 11.4 Å². The predicted octanol–water partition coefficient (Wildman–Crippen LogP) is 5.74. The minimum atomic E-state index is -1.08. The Hall–Kier alpha value is -4.68. The number of Topliss-reactive ketones (excluding diaryl/α,β-unsaturated/α-hetero) is 1. The average Bonchev–Trinajstić information content (AvgIpc) is 3.68. The van der Waals surface area contributed by atoms with Gasteiger partial charge in [-0.1, -0.05) is 65.1 Å². The summed E-state index contributed by atoms with van der Waals surface area (Å²) < 4.78 is 7.75. The molecule has 0 spiro atoms. The first-order chi connectivity index (χ1) is 20.7. The second-order valence-electron chi connectivity index (χ2n) is 10.2. The molecule has 1 aliphatic heterocycles. The third-order valence-corrected chi connectivity index (χ3v) is 9.48. The van der Waals surface area contributed by atoms with Crippen molar-refractivity contribution in [1.82, 2.24) is 19.6 Å². The van der Waals surface area contributed by atoms with Crippen LogP contribution in [0.2, 0.25) is 0 Å². The van der Waals surface area contributed by atoms with Gasteiger partial charge in [-0.2, -0.15) is 0 Å². The van der Waals surface area contributed by atoms with Gasteiger partial charge in [-0.25, -0.2) is 4.98 Å². The number of fused-ring (bicyclic) bond motifs is 1. The molecule has 2 N–H and O–H groups in total. The van der Waals surface area contributed by atoms with Gasteiger partial charge in [-0.15, -0.1) is 10.2 Å². The summed E-state index contributed by atoms with van der Waals surface area (Å²) in [5.74, 6) is -1.46. The number of benzene rings is 2. The molecule has 1 atom stereocenters. The summed E-state index contributed by atoms with van der Waals surface area (Å²) in [6.07, 6.45) is 1.82. The number of aryl methyl sites for hydroxylation is 3. The Bertz CT molecular complexity index is 1930. The van der Waals surface area contributed by atoms with E-state index in [-0.39, 0.29) is 27.9 Å². The number of aliphatic hydroxyl groups excluding tert-OH is 1. The Labute approximate surface area is 255 Å². The number of rotatable bonds is 7. The number of carbonyl (C=O) groups excluding carboxylic acids is 2. The van der Waals surface area contributed by atoms with E-state index in [1.165, 1.54) is 52.8 Å². The molecule has 1 fully saturated rings. The van der Waals surface area contributed by atoms with Gasteiger partial charge >= 0.3 is 5.91 Å². The standard InChI is InChI=1S/C31H27N5O5S2/c1-16-7-9-19(10-8-16)15-42-31-34-33-30(43-31)36-25(20-11-12-21(37)22(14-20)41-4)23(27(39)29(36)40)26(38)24-18(3)35-13-5-6-17(2)28(35)32-24/h5-14,25,37-38H,15H2,1-4H3/b26-23+. The predicted molar refractivity (Wildman–Crippen MR) is 165 cm³/mol. The molecular weight excluding hydrogens is 587 g/mol. The smallest absolute Gasteiger partial charge is 0.301 e. The zero-order valence-corrected chi connectivity index (χ0v) is 25.4. The zero-order valence-electron chi connectivity index (χ0n) is 23.7. The van der Waals surface area contributed by atoms with Crippen LogP contribution in [-0.4, -0.2) is 48.6 Å². The molecule has 6 rings (SSSR count). The molecule has 1 unspecified atom stereocenters. The van der Waals surface area contributed by atoms with Crippen LogP contribution in [0.3, 0.4) is 0 Å². The molecule has 0 saturated carbocycles. The maximum absolute atomic E-state index is 13.7. The van der Waals surface area contributed by atoms with Crippen LogP contribution < -0.4 is 9.64 Å². The molecule has 1 aliphatic rings. The fourth-order valence-electron chi connectivity index (χ4n) is 5.07. The second kappa shape index (κ2) is 11.2.